The van der Waals surface area contributed by atoms with Gasteiger partial charge in [-0.3, -0.25) is 0 Å². The molecular weight excluding hydrogens is 216 g/mol. The molecule has 0 aromatic carbocycles. The van der Waals surface area contributed by atoms with Crippen molar-refractivity contribution in [3.63, 3.8) is 0 Å². The van der Waals surface area contributed by atoms with Gasteiger partial charge in [0.05, 0.1) is 11.9 Å². The molecule has 1 N–H and O–H groups in total. The SMILES string of the molecule is Cc1cncnc1-c1nc(C(C)C)cnc1O. The lowest BCUT2D eigenvalue weighted by Crippen LogP contribution is -1.99. The summed E-state index contributed by atoms with van der Waals surface area (Å²) >= 11 is 0. The first-order valence-corrected chi connectivity index (χ1v) is 5.42. The summed E-state index contributed by atoms with van der Waals surface area (Å²) in [6.07, 6.45) is 4.71. The van der Waals surface area contributed by atoms with Crippen molar-refractivity contribution in [1.29, 1.82) is 0 Å². The van der Waals surface area contributed by atoms with E-state index in [1.165, 1.54) is 6.33 Å². The normalized spacial score (nSPS) is 10.8. The molecule has 0 saturated heterocycles. The Kier molecular flexibility index (Phi) is 2.99. The van der Waals surface area contributed by atoms with Gasteiger partial charge in [-0.2, -0.15) is 0 Å². The molecule has 88 valence electrons. The summed E-state index contributed by atoms with van der Waals surface area (Å²) in [5, 5.41) is 9.76. The Labute approximate surface area is 99.6 Å². The van der Waals surface area contributed by atoms with Crippen LogP contribution in [0.25, 0.3) is 11.4 Å². The van der Waals surface area contributed by atoms with E-state index in [4.69, 9.17) is 0 Å². The summed E-state index contributed by atoms with van der Waals surface area (Å²) < 4.78 is 0. The Morgan fingerprint density at radius 1 is 1.12 bits per heavy atom. The van der Waals surface area contributed by atoms with Crippen molar-refractivity contribution in [1.82, 2.24) is 19.9 Å². The average molecular weight is 230 g/mol. The monoisotopic (exact) mass is 230 g/mol. The fraction of sp³-hybridized carbons (Fsp3) is 0.333. The molecule has 5 nitrogen and oxygen atoms in total. The zero-order chi connectivity index (χ0) is 12.4. The van der Waals surface area contributed by atoms with Crippen LogP contribution in [0, 0.1) is 6.92 Å². The molecule has 0 bridgehead atoms. The minimum Gasteiger partial charge on any atom is -0.492 e. The lowest BCUT2D eigenvalue weighted by Gasteiger charge is -2.08. The molecule has 2 heterocycles. The Hall–Kier alpha value is -2.04. The molecule has 0 amide bonds. The quantitative estimate of drug-likeness (QED) is 0.855. The molecule has 0 saturated carbocycles. The van der Waals surface area contributed by atoms with E-state index in [1.807, 2.05) is 20.8 Å². The average Bonchev–Trinajstić information content (AvgIpc) is 2.30. The van der Waals surface area contributed by atoms with Crippen LogP contribution in [-0.2, 0) is 0 Å². The summed E-state index contributed by atoms with van der Waals surface area (Å²) in [6.45, 7) is 5.92. The van der Waals surface area contributed by atoms with E-state index in [2.05, 4.69) is 19.9 Å². The summed E-state index contributed by atoms with van der Waals surface area (Å²) in [4.78, 5) is 16.4. The van der Waals surface area contributed by atoms with Crippen LogP contribution in [0.2, 0.25) is 0 Å². The highest BCUT2D eigenvalue weighted by Crippen LogP contribution is 2.26. The number of aromatic nitrogens is 4. The van der Waals surface area contributed by atoms with Crippen LogP contribution in [0.3, 0.4) is 0 Å². The Morgan fingerprint density at radius 3 is 2.53 bits per heavy atom. The lowest BCUT2D eigenvalue weighted by molar-refractivity contribution is 0.451. The first-order valence-electron chi connectivity index (χ1n) is 5.42. The summed E-state index contributed by atoms with van der Waals surface area (Å²) in [6, 6.07) is 0. The molecule has 17 heavy (non-hydrogen) atoms. The van der Waals surface area contributed by atoms with Crippen molar-refractivity contribution in [2.45, 2.75) is 26.7 Å². The first kappa shape index (κ1) is 11.4. The molecule has 2 aromatic heterocycles. The van der Waals surface area contributed by atoms with Crippen LogP contribution >= 0.6 is 0 Å². The van der Waals surface area contributed by atoms with Crippen LogP contribution in [0.1, 0.15) is 31.0 Å². The van der Waals surface area contributed by atoms with Gasteiger partial charge < -0.3 is 5.11 Å². The van der Waals surface area contributed by atoms with Gasteiger partial charge in [-0.15, -0.1) is 0 Å². The predicted molar refractivity (Wildman–Crippen MR) is 63.5 cm³/mol. The Bertz CT molecular complexity index is 540. The topological polar surface area (TPSA) is 71.8 Å². The second-order valence-electron chi connectivity index (χ2n) is 4.18. The van der Waals surface area contributed by atoms with Crippen molar-refractivity contribution in [3.05, 3.63) is 30.0 Å². The molecule has 0 aliphatic carbocycles. The van der Waals surface area contributed by atoms with Gasteiger partial charge in [0.25, 0.3) is 0 Å². The maximum absolute atomic E-state index is 9.76. The lowest BCUT2D eigenvalue weighted by atomic mass is 10.1. The van der Waals surface area contributed by atoms with Gasteiger partial charge >= 0.3 is 0 Å². The number of aromatic hydroxyl groups is 1. The van der Waals surface area contributed by atoms with Gasteiger partial charge in [-0.05, 0) is 18.4 Å². The fourth-order valence-electron chi connectivity index (χ4n) is 1.48. The van der Waals surface area contributed by atoms with Gasteiger partial charge in [0, 0.05) is 6.20 Å². The van der Waals surface area contributed by atoms with Gasteiger partial charge in [-0.25, -0.2) is 19.9 Å². The van der Waals surface area contributed by atoms with Crippen LogP contribution in [0.15, 0.2) is 18.7 Å². The Balaban J connectivity index is 2.59. The van der Waals surface area contributed by atoms with Gasteiger partial charge in [0.15, 0.2) is 5.69 Å². The summed E-state index contributed by atoms with van der Waals surface area (Å²) in [7, 11) is 0. The van der Waals surface area contributed by atoms with Gasteiger partial charge in [0.2, 0.25) is 5.88 Å². The van der Waals surface area contributed by atoms with E-state index < -0.39 is 0 Å². The van der Waals surface area contributed by atoms with Crippen LogP contribution in [-0.4, -0.2) is 25.0 Å². The van der Waals surface area contributed by atoms with Crippen molar-refractivity contribution < 1.29 is 5.11 Å². The van der Waals surface area contributed by atoms with Crippen molar-refractivity contribution >= 4 is 0 Å². The van der Waals surface area contributed by atoms with Crippen molar-refractivity contribution in [3.8, 4) is 17.3 Å². The largest absolute Gasteiger partial charge is 0.492 e. The van der Waals surface area contributed by atoms with Crippen LogP contribution in [0.5, 0.6) is 5.88 Å². The van der Waals surface area contributed by atoms with E-state index >= 15 is 0 Å². The molecule has 0 fully saturated rings. The molecule has 2 rings (SSSR count). The molecule has 2 aromatic rings. The van der Waals surface area contributed by atoms with E-state index in [1.54, 1.807) is 12.4 Å². The third-order valence-corrected chi connectivity index (χ3v) is 2.48. The fourth-order valence-corrected chi connectivity index (χ4v) is 1.48. The molecule has 0 aliphatic heterocycles. The molecular formula is C12H14N4O. The van der Waals surface area contributed by atoms with E-state index in [-0.39, 0.29) is 11.8 Å². The molecule has 0 spiro atoms. The number of hydrogen-bond acceptors (Lipinski definition) is 5. The van der Waals surface area contributed by atoms with Crippen LogP contribution in [0.4, 0.5) is 0 Å². The zero-order valence-corrected chi connectivity index (χ0v) is 10.0. The maximum atomic E-state index is 9.76. The van der Waals surface area contributed by atoms with Gasteiger partial charge in [-0.1, -0.05) is 13.8 Å². The highest BCUT2D eigenvalue weighted by molar-refractivity contribution is 5.62. The highest BCUT2D eigenvalue weighted by atomic mass is 16.3. The van der Waals surface area contributed by atoms with E-state index in [9.17, 15) is 5.11 Å². The minimum absolute atomic E-state index is 0.101. The minimum atomic E-state index is -0.101. The Morgan fingerprint density at radius 2 is 1.88 bits per heavy atom. The summed E-state index contributed by atoms with van der Waals surface area (Å²) in [5.41, 5.74) is 2.72. The zero-order valence-electron chi connectivity index (χ0n) is 10.0. The third kappa shape index (κ3) is 2.22. The maximum Gasteiger partial charge on any atom is 0.239 e. The standard InChI is InChI=1S/C12H14N4O/c1-7(2)9-5-14-12(17)11(16-9)10-8(3)4-13-6-15-10/h4-7H,1-3H3,(H,14,17). The number of nitrogens with zero attached hydrogens (tertiary/aromatic N) is 4. The van der Waals surface area contributed by atoms with Crippen molar-refractivity contribution in [2.24, 2.45) is 0 Å². The molecule has 5 heteroatoms. The molecule has 0 radical (unpaired) electrons. The third-order valence-electron chi connectivity index (χ3n) is 2.48. The smallest absolute Gasteiger partial charge is 0.239 e. The molecule has 0 unspecified atom stereocenters. The molecule has 0 atom stereocenters. The number of aryl methyl sites for hydroxylation is 1. The van der Waals surface area contributed by atoms with Crippen molar-refractivity contribution in [2.75, 3.05) is 0 Å². The van der Waals surface area contributed by atoms with E-state index in [0.717, 1.165) is 11.3 Å². The first-order chi connectivity index (χ1) is 8.09. The predicted octanol–water partition coefficient (Wildman–Crippen LogP) is 2.07. The second kappa shape index (κ2) is 4.45. The number of hydrogen-bond donors (Lipinski definition) is 1. The molecule has 0 aliphatic rings. The van der Waals surface area contributed by atoms with Crippen LogP contribution < -0.4 is 0 Å². The second-order valence-corrected chi connectivity index (χ2v) is 4.18. The summed E-state index contributed by atoms with van der Waals surface area (Å²) in [5.74, 6) is 0.153. The van der Waals surface area contributed by atoms with E-state index in [0.29, 0.717) is 11.4 Å². The number of rotatable bonds is 2. The van der Waals surface area contributed by atoms with Gasteiger partial charge in [0.1, 0.15) is 12.0 Å². The highest BCUT2D eigenvalue weighted by Gasteiger charge is 2.14.